The van der Waals surface area contributed by atoms with Crippen molar-refractivity contribution in [3.05, 3.63) is 71.3 Å². The molecule has 0 saturated carbocycles. The van der Waals surface area contributed by atoms with Crippen molar-refractivity contribution in [2.24, 2.45) is 0 Å². The maximum absolute atomic E-state index is 12.5. The van der Waals surface area contributed by atoms with E-state index in [2.05, 4.69) is 0 Å². The number of phenols is 1. The fraction of sp³-hybridized carbons (Fsp3) is 0.269. The van der Waals surface area contributed by atoms with E-state index in [0.717, 1.165) is 28.8 Å². The first-order chi connectivity index (χ1) is 15.1. The fourth-order valence-electron chi connectivity index (χ4n) is 3.26. The molecule has 32 heavy (non-hydrogen) atoms. The molecule has 0 unspecified atom stereocenters. The number of carbonyl (C=O) groups is 3. The van der Waals surface area contributed by atoms with Crippen molar-refractivity contribution in [2.75, 3.05) is 11.4 Å². The Bertz CT molecular complexity index is 1070. The summed E-state index contributed by atoms with van der Waals surface area (Å²) in [4.78, 5) is 38.3. The summed E-state index contributed by atoms with van der Waals surface area (Å²) in [5.41, 5.74) is 2.77. The second-order valence-electron chi connectivity index (χ2n) is 8.64. The number of rotatable bonds is 6. The number of fused-ring (bicyclic) bond motifs is 1. The minimum Gasteiger partial charge on any atom is -0.508 e. The third kappa shape index (κ3) is 6.41. The van der Waals surface area contributed by atoms with Gasteiger partial charge in [0, 0.05) is 6.54 Å². The molecule has 0 aliphatic carbocycles. The molecule has 0 bridgehead atoms. The highest BCUT2D eigenvalue weighted by Crippen LogP contribution is 2.31. The van der Waals surface area contributed by atoms with Crippen LogP contribution in [0.3, 0.4) is 0 Å². The standard InChI is InChI=1S/C26H27NO5/c1-26(2,3)32-25(31)27-15-14-20-9-4-19(16-24(20)27)8-13-23(30)17-22(29)12-7-18-5-10-21(28)11-6-18/h4-13,16,28H,14-15,17H2,1-3H3. The van der Waals surface area contributed by atoms with Gasteiger partial charge < -0.3 is 9.84 Å². The van der Waals surface area contributed by atoms with Gasteiger partial charge in [0.25, 0.3) is 0 Å². The van der Waals surface area contributed by atoms with Gasteiger partial charge in [-0.25, -0.2) is 4.79 Å². The average Bonchev–Trinajstić information content (AvgIpc) is 3.14. The van der Waals surface area contributed by atoms with Crippen molar-refractivity contribution < 1.29 is 24.2 Å². The number of aromatic hydroxyl groups is 1. The highest BCUT2D eigenvalue weighted by Gasteiger charge is 2.28. The number of phenolic OH excluding ortho intramolecular Hbond substituents is 1. The van der Waals surface area contributed by atoms with E-state index in [0.29, 0.717) is 6.54 Å². The predicted molar refractivity (Wildman–Crippen MR) is 125 cm³/mol. The zero-order chi connectivity index (χ0) is 23.3. The van der Waals surface area contributed by atoms with Crippen LogP contribution in [0.15, 0.2) is 54.6 Å². The highest BCUT2D eigenvalue weighted by molar-refractivity contribution is 6.11. The summed E-state index contributed by atoms with van der Waals surface area (Å²) in [6.45, 7) is 6.04. The first kappa shape index (κ1) is 23.0. The molecule has 0 radical (unpaired) electrons. The van der Waals surface area contributed by atoms with Crippen LogP contribution in [0.4, 0.5) is 10.5 Å². The summed E-state index contributed by atoms with van der Waals surface area (Å²) in [6, 6.07) is 12.1. The Balaban J connectivity index is 1.61. The van der Waals surface area contributed by atoms with Crippen molar-refractivity contribution >= 4 is 35.5 Å². The molecular weight excluding hydrogens is 406 g/mol. The number of hydrogen-bond donors (Lipinski definition) is 1. The molecule has 2 aromatic carbocycles. The molecule has 1 aliphatic rings. The Morgan fingerprint density at radius 3 is 2.19 bits per heavy atom. The molecule has 3 rings (SSSR count). The molecule has 6 nitrogen and oxygen atoms in total. The Hall–Kier alpha value is -3.67. The first-order valence-electron chi connectivity index (χ1n) is 10.4. The molecule has 1 aliphatic heterocycles. The number of amides is 1. The molecule has 2 aromatic rings. The summed E-state index contributed by atoms with van der Waals surface area (Å²) >= 11 is 0. The summed E-state index contributed by atoms with van der Waals surface area (Å²) in [5, 5.41) is 9.28. The molecule has 6 heteroatoms. The van der Waals surface area contributed by atoms with Crippen LogP contribution in [0.25, 0.3) is 12.2 Å². The van der Waals surface area contributed by atoms with E-state index < -0.39 is 5.60 Å². The van der Waals surface area contributed by atoms with Crippen molar-refractivity contribution in [3.63, 3.8) is 0 Å². The zero-order valence-corrected chi connectivity index (χ0v) is 18.5. The van der Waals surface area contributed by atoms with Gasteiger partial charge in [-0.05, 0) is 74.2 Å². The number of anilines is 1. The van der Waals surface area contributed by atoms with Gasteiger partial charge in [-0.15, -0.1) is 0 Å². The second-order valence-corrected chi connectivity index (χ2v) is 8.64. The molecule has 1 heterocycles. The normalized spacial score (nSPS) is 13.5. The van der Waals surface area contributed by atoms with Crippen LogP contribution in [0.1, 0.15) is 43.9 Å². The van der Waals surface area contributed by atoms with Crippen LogP contribution >= 0.6 is 0 Å². The van der Waals surface area contributed by atoms with Gasteiger partial charge in [-0.1, -0.05) is 36.4 Å². The lowest BCUT2D eigenvalue weighted by atomic mass is 10.1. The highest BCUT2D eigenvalue weighted by atomic mass is 16.6. The van der Waals surface area contributed by atoms with E-state index in [9.17, 15) is 19.5 Å². The number of allylic oxidation sites excluding steroid dienone is 2. The van der Waals surface area contributed by atoms with Gasteiger partial charge in [-0.2, -0.15) is 0 Å². The van der Waals surface area contributed by atoms with Crippen LogP contribution in [-0.2, 0) is 20.7 Å². The molecule has 0 saturated heterocycles. The van der Waals surface area contributed by atoms with Gasteiger partial charge in [0.15, 0.2) is 11.6 Å². The van der Waals surface area contributed by atoms with Crippen LogP contribution in [0, 0.1) is 0 Å². The Labute approximate surface area is 187 Å². The van der Waals surface area contributed by atoms with Gasteiger partial charge in [0.2, 0.25) is 0 Å². The number of hydrogen-bond acceptors (Lipinski definition) is 5. The van der Waals surface area contributed by atoms with E-state index in [-0.39, 0.29) is 29.8 Å². The average molecular weight is 434 g/mol. The monoisotopic (exact) mass is 433 g/mol. The first-order valence-corrected chi connectivity index (χ1v) is 10.4. The van der Waals surface area contributed by atoms with Gasteiger partial charge in [0.1, 0.15) is 11.4 Å². The van der Waals surface area contributed by atoms with E-state index in [1.807, 2.05) is 39.0 Å². The Morgan fingerprint density at radius 2 is 1.56 bits per heavy atom. The van der Waals surface area contributed by atoms with E-state index in [1.54, 1.807) is 29.2 Å². The Kier molecular flexibility index (Phi) is 6.93. The van der Waals surface area contributed by atoms with Crippen molar-refractivity contribution in [1.29, 1.82) is 0 Å². The minimum atomic E-state index is -0.576. The van der Waals surface area contributed by atoms with Crippen LogP contribution in [0.5, 0.6) is 5.75 Å². The summed E-state index contributed by atoms with van der Waals surface area (Å²) < 4.78 is 5.48. The second kappa shape index (κ2) is 9.64. The summed E-state index contributed by atoms with van der Waals surface area (Å²) in [5.74, 6) is -0.470. The van der Waals surface area contributed by atoms with Crippen LogP contribution < -0.4 is 4.90 Å². The lowest BCUT2D eigenvalue weighted by molar-refractivity contribution is -0.121. The number of nitrogens with zero attached hydrogens (tertiary/aromatic N) is 1. The zero-order valence-electron chi connectivity index (χ0n) is 18.5. The molecule has 1 amide bonds. The summed E-state index contributed by atoms with van der Waals surface area (Å²) in [7, 11) is 0. The Morgan fingerprint density at radius 1 is 0.969 bits per heavy atom. The summed E-state index contributed by atoms with van der Waals surface area (Å²) in [6.07, 6.45) is 6.10. The number of carbonyl (C=O) groups excluding carboxylic acids is 3. The third-order valence-corrected chi connectivity index (χ3v) is 4.78. The lowest BCUT2D eigenvalue weighted by Crippen LogP contribution is -2.35. The number of benzene rings is 2. The van der Waals surface area contributed by atoms with Crippen molar-refractivity contribution in [2.45, 2.75) is 39.2 Å². The largest absolute Gasteiger partial charge is 0.508 e. The lowest BCUT2D eigenvalue weighted by Gasteiger charge is -2.24. The minimum absolute atomic E-state index is 0.148. The maximum atomic E-state index is 12.5. The van der Waals surface area contributed by atoms with Crippen molar-refractivity contribution in [1.82, 2.24) is 0 Å². The molecule has 0 aromatic heterocycles. The molecular formula is C26H27NO5. The molecule has 0 fully saturated rings. The van der Waals surface area contributed by atoms with Crippen LogP contribution in [0.2, 0.25) is 0 Å². The molecule has 166 valence electrons. The van der Waals surface area contributed by atoms with Gasteiger partial charge >= 0.3 is 6.09 Å². The van der Waals surface area contributed by atoms with E-state index in [1.165, 1.54) is 24.3 Å². The molecule has 1 N–H and O–H groups in total. The number of ketones is 2. The van der Waals surface area contributed by atoms with Crippen LogP contribution in [-0.4, -0.2) is 34.9 Å². The quantitative estimate of drug-likeness (QED) is 0.515. The predicted octanol–water partition coefficient (Wildman–Crippen LogP) is 4.94. The molecule has 0 spiro atoms. The van der Waals surface area contributed by atoms with Crippen molar-refractivity contribution in [3.8, 4) is 5.75 Å². The number of ether oxygens (including phenoxy) is 1. The van der Waals surface area contributed by atoms with Gasteiger partial charge in [-0.3, -0.25) is 14.5 Å². The van der Waals surface area contributed by atoms with E-state index in [4.69, 9.17) is 4.74 Å². The van der Waals surface area contributed by atoms with E-state index >= 15 is 0 Å². The topological polar surface area (TPSA) is 83.9 Å². The smallest absolute Gasteiger partial charge is 0.414 e. The third-order valence-electron chi connectivity index (χ3n) is 4.78. The SMILES string of the molecule is CC(C)(C)OC(=O)N1CCc2ccc(C=CC(=O)CC(=O)C=Cc3ccc(O)cc3)cc21. The fourth-order valence-corrected chi connectivity index (χ4v) is 3.26. The maximum Gasteiger partial charge on any atom is 0.414 e. The van der Waals surface area contributed by atoms with Gasteiger partial charge in [0.05, 0.1) is 12.1 Å². The molecule has 0 atom stereocenters.